The third-order valence-electron chi connectivity index (χ3n) is 4.17. The lowest BCUT2D eigenvalue weighted by molar-refractivity contribution is 0.676. The Kier molecular flexibility index (Phi) is 5.26. The van der Waals surface area contributed by atoms with Gasteiger partial charge in [0.25, 0.3) is 0 Å². The van der Waals surface area contributed by atoms with Crippen LogP contribution in [0.5, 0.6) is 0 Å². The number of fused-ring (bicyclic) bond motifs is 1. The Bertz CT molecular complexity index is 572. The standard InChI is InChI=1S/C18H26N2S/c1-2-21-13-5-12-20-14-15(10-11-19-16-8-9-16)17-6-3-4-7-18(17)20/h3-4,6-7,14,16,19H,2,5,8-13H2,1H3. The number of aryl methyl sites for hydroxylation is 1. The first-order valence-corrected chi connectivity index (χ1v) is 9.42. The van der Waals surface area contributed by atoms with Gasteiger partial charge < -0.3 is 9.88 Å². The molecule has 3 rings (SSSR count). The van der Waals surface area contributed by atoms with Crippen LogP contribution in [0.1, 0.15) is 31.7 Å². The van der Waals surface area contributed by atoms with Gasteiger partial charge in [-0.05, 0) is 55.4 Å². The summed E-state index contributed by atoms with van der Waals surface area (Å²) >= 11 is 2.04. The monoisotopic (exact) mass is 302 g/mol. The van der Waals surface area contributed by atoms with Crippen molar-refractivity contribution in [3.05, 3.63) is 36.0 Å². The Labute approximate surface area is 132 Å². The summed E-state index contributed by atoms with van der Waals surface area (Å²) in [5, 5.41) is 5.07. The predicted octanol–water partition coefficient (Wildman–Crippen LogP) is 4.08. The summed E-state index contributed by atoms with van der Waals surface area (Å²) in [5.41, 5.74) is 2.90. The van der Waals surface area contributed by atoms with Crippen LogP contribution in [-0.2, 0) is 13.0 Å². The summed E-state index contributed by atoms with van der Waals surface area (Å²) in [4.78, 5) is 0. The number of rotatable bonds is 9. The van der Waals surface area contributed by atoms with Gasteiger partial charge in [-0.15, -0.1) is 0 Å². The first kappa shape index (κ1) is 15.0. The van der Waals surface area contributed by atoms with Crippen LogP contribution in [0.15, 0.2) is 30.5 Å². The molecule has 1 saturated carbocycles. The zero-order valence-corrected chi connectivity index (χ0v) is 13.8. The highest BCUT2D eigenvalue weighted by Crippen LogP contribution is 2.23. The van der Waals surface area contributed by atoms with E-state index in [4.69, 9.17) is 0 Å². The van der Waals surface area contributed by atoms with Gasteiger partial charge in [-0.25, -0.2) is 0 Å². The average molecular weight is 302 g/mol. The molecule has 1 aromatic carbocycles. The minimum Gasteiger partial charge on any atom is -0.347 e. The van der Waals surface area contributed by atoms with Crippen LogP contribution in [0, 0.1) is 0 Å². The van der Waals surface area contributed by atoms with Crippen molar-refractivity contribution in [2.24, 2.45) is 0 Å². The SMILES string of the molecule is CCSCCCn1cc(CCNC2CC2)c2ccccc21. The van der Waals surface area contributed by atoms with Gasteiger partial charge in [0.1, 0.15) is 0 Å². The minimum atomic E-state index is 0.810. The van der Waals surface area contributed by atoms with Crippen LogP contribution >= 0.6 is 11.8 Å². The van der Waals surface area contributed by atoms with E-state index in [2.05, 4.69) is 47.3 Å². The maximum atomic E-state index is 3.63. The zero-order chi connectivity index (χ0) is 14.5. The van der Waals surface area contributed by atoms with Crippen molar-refractivity contribution < 1.29 is 0 Å². The van der Waals surface area contributed by atoms with Crippen LogP contribution in [0.2, 0.25) is 0 Å². The Morgan fingerprint density at radius 2 is 2.14 bits per heavy atom. The Balaban J connectivity index is 1.66. The molecule has 114 valence electrons. The predicted molar refractivity (Wildman–Crippen MR) is 94.3 cm³/mol. The molecule has 1 fully saturated rings. The third kappa shape index (κ3) is 4.04. The fourth-order valence-corrected chi connectivity index (χ4v) is 3.51. The van der Waals surface area contributed by atoms with E-state index in [1.807, 2.05) is 11.8 Å². The molecule has 2 aromatic rings. The van der Waals surface area contributed by atoms with Gasteiger partial charge in [0.2, 0.25) is 0 Å². The summed E-state index contributed by atoms with van der Waals surface area (Å²) in [6, 6.07) is 9.67. The molecule has 2 nitrogen and oxygen atoms in total. The second kappa shape index (κ2) is 7.37. The lowest BCUT2D eigenvalue weighted by Crippen LogP contribution is -2.19. The molecule has 1 aromatic heterocycles. The first-order valence-electron chi connectivity index (χ1n) is 8.26. The quantitative estimate of drug-likeness (QED) is 0.703. The number of aromatic nitrogens is 1. The van der Waals surface area contributed by atoms with Crippen molar-refractivity contribution in [1.29, 1.82) is 0 Å². The molecule has 0 aliphatic heterocycles. The lowest BCUT2D eigenvalue weighted by Gasteiger charge is -2.04. The van der Waals surface area contributed by atoms with Crippen molar-refractivity contribution in [1.82, 2.24) is 9.88 Å². The van der Waals surface area contributed by atoms with Crippen LogP contribution in [0.4, 0.5) is 0 Å². The highest BCUT2D eigenvalue weighted by Gasteiger charge is 2.19. The molecule has 1 heterocycles. The fourth-order valence-electron chi connectivity index (χ4n) is 2.89. The molecule has 0 unspecified atom stereocenters. The van der Waals surface area contributed by atoms with Gasteiger partial charge >= 0.3 is 0 Å². The van der Waals surface area contributed by atoms with Crippen molar-refractivity contribution in [2.45, 2.75) is 45.2 Å². The molecule has 0 spiro atoms. The van der Waals surface area contributed by atoms with Crippen LogP contribution in [0.25, 0.3) is 10.9 Å². The molecule has 0 amide bonds. The summed E-state index contributed by atoms with van der Waals surface area (Å²) < 4.78 is 2.46. The smallest absolute Gasteiger partial charge is 0.0483 e. The molecule has 0 bridgehead atoms. The van der Waals surface area contributed by atoms with E-state index in [0.29, 0.717) is 0 Å². The summed E-state index contributed by atoms with van der Waals surface area (Å²) in [6.07, 6.45) is 7.54. The maximum Gasteiger partial charge on any atom is 0.0483 e. The average Bonchev–Trinajstić information content (AvgIpc) is 3.27. The Morgan fingerprint density at radius 3 is 2.95 bits per heavy atom. The van der Waals surface area contributed by atoms with Gasteiger partial charge in [-0.2, -0.15) is 11.8 Å². The van der Waals surface area contributed by atoms with E-state index in [1.165, 1.54) is 47.2 Å². The number of nitrogens with one attached hydrogen (secondary N) is 1. The third-order valence-corrected chi connectivity index (χ3v) is 5.15. The van der Waals surface area contributed by atoms with Crippen LogP contribution in [0.3, 0.4) is 0 Å². The van der Waals surface area contributed by atoms with Crippen LogP contribution in [-0.4, -0.2) is 28.7 Å². The number of nitrogens with zero attached hydrogens (tertiary/aromatic N) is 1. The van der Waals surface area contributed by atoms with E-state index in [9.17, 15) is 0 Å². The number of para-hydroxylation sites is 1. The summed E-state index contributed by atoms with van der Waals surface area (Å²) in [6.45, 7) is 4.49. The molecule has 1 N–H and O–H groups in total. The van der Waals surface area contributed by atoms with E-state index in [1.54, 1.807) is 0 Å². The minimum absolute atomic E-state index is 0.810. The van der Waals surface area contributed by atoms with Crippen molar-refractivity contribution in [2.75, 3.05) is 18.1 Å². The topological polar surface area (TPSA) is 17.0 Å². The highest BCUT2D eigenvalue weighted by molar-refractivity contribution is 7.99. The van der Waals surface area contributed by atoms with Gasteiger partial charge in [-0.3, -0.25) is 0 Å². The van der Waals surface area contributed by atoms with Gasteiger partial charge in [-0.1, -0.05) is 25.1 Å². The molecule has 3 heteroatoms. The molecule has 0 atom stereocenters. The molecule has 1 aliphatic carbocycles. The fraction of sp³-hybridized carbons (Fsp3) is 0.556. The van der Waals surface area contributed by atoms with Gasteiger partial charge in [0, 0.05) is 29.7 Å². The van der Waals surface area contributed by atoms with Gasteiger partial charge in [0.05, 0.1) is 0 Å². The summed E-state index contributed by atoms with van der Waals surface area (Å²) in [7, 11) is 0. The van der Waals surface area contributed by atoms with E-state index in [-0.39, 0.29) is 0 Å². The molecular formula is C18H26N2S. The lowest BCUT2D eigenvalue weighted by atomic mass is 10.1. The second-order valence-corrected chi connectivity index (χ2v) is 7.29. The molecule has 0 radical (unpaired) electrons. The van der Waals surface area contributed by atoms with Crippen molar-refractivity contribution in [3.63, 3.8) is 0 Å². The molecular weight excluding hydrogens is 276 g/mol. The zero-order valence-electron chi connectivity index (χ0n) is 13.0. The van der Waals surface area contributed by atoms with E-state index < -0.39 is 0 Å². The highest BCUT2D eigenvalue weighted by atomic mass is 32.2. The Morgan fingerprint density at radius 1 is 1.29 bits per heavy atom. The normalized spacial score (nSPS) is 14.9. The van der Waals surface area contributed by atoms with E-state index >= 15 is 0 Å². The van der Waals surface area contributed by atoms with E-state index in [0.717, 1.165) is 25.6 Å². The summed E-state index contributed by atoms with van der Waals surface area (Å²) in [5.74, 6) is 2.49. The van der Waals surface area contributed by atoms with Crippen molar-refractivity contribution >= 4 is 22.7 Å². The molecule has 21 heavy (non-hydrogen) atoms. The molecule has 1 aliphatic rings. The number of hydrogen-bond acceptors (Lipinski definition) is 2. The maximum absolute atomic E-state index is 3.63. The second-order valence-electron chi connectivity index (χ2n) is 5.89. The number of thioether (sulfide) groups is 1. The van der Waals surface area contributed by atoms with Crippen LogP contribution < -0.4 is 5.32 Å². The number of benzene rings is 1. The largest absolute Gasteiger partial charge is 0.347 e. The van der Waals surface area contributed by atoms with Crippen molar-refractivity contribution in [3.8, 4) is 0 Å². The first-order chi connectivity index (χ1) is 10.4. The number of hydrogen-bond donors (Lipinski definition) is 1. The van der Waals surface area contributed by atoms with Gasteiger partial charge in [0.15, 0.2) is 0 Å². The molecule has 0 saturated heterocycles. The Hall–Kier alpha value is -0.930.